The molecule has 1 saturated heterocycles. The lowest BCUT2D eigenvalue weighted by Crippen LogP contribution is -2.48. The zero-order valence-electron chi connectivity index (χ0n) is 17.7. The van der Waals surface area contributed by atoms with Crippen molar-refractivity contribution in [1.29, 1.82) is 0 Å². The largest absolute Gasteiger partial charge is 0.399 e. The molecule has 2 aromatic rings. The monoisotopic (exact) mass is 404 g/mol. The van der Waals surface area contributed by atoms with Gasteiger partial charge in [-0.05, 0) is 73.2 Å². The number of nitrogens with zero attached hydrogens (tertiary/aromatic N) is 3. The molecule has 2 fully saturated rings. The lowest BCUT2D eigenvalue weighted by Gasteiger charge is -2.36. The van der Waals surface area contributed by atoms with Gasteiger partial charge in [0.05, 0.1) is 0 Å². The normalized spacial score (nSPS) is 20.4. The number of nitrogens with two attached hydrogens (primary N) is 1. The smallest absolute Gasteiger partial charge is 0.253 e. The van der Waals surface area contributed by atoms with Gasteiger partial charge >= 0.3 is 0 Å². The summed E-state index contributed by atoms with van der Waals surface area (Å²) in [6, 6.07) is 15.1. The Morgan fingerprint density at radius 1 is 0.833 bits per heavy atom. The number of rotatable bonds is 3. The molecule has 1 saturated carbocycles. The third-order valence-electron chi connectivity index (χ3n) is 7.21. The van der Waals surface area contributed by atoms with Crippen molar-refractivity contribution in [2.45, 2.75) is 38.1 Å². The van der Waals surface area contributed by atoms with Crippen LogP contribution in [-0.4, -0.2) is 61.0 Å². The Kier molecular flexibility index (Phi) is 5.38. The van der Waals surface area contributed by atoms with Crippen LogP contribution in [0, 0.1) is 0 Å². The highest BCUT2D eigenvalue weighted by molar-refractivity contribution is 5.94. The second-order valence-electron chi connectivity index (χ2n) is 8.97. The number of piperazine rings is 1. The maximum absolute atomic E-state index is 12.8. The molecule has 2 heterocycles. The Morgan fingerprint density at radius 3 is 2.20 bits per heavy atom. The molecular weight excluding hydrogens is 372 g/mol. The van der Waals surface area contributed by atoms with E-state index < -0.39 is 0 Å². The molecule has 1 amide bonds. The summed E-state index contributed by atoms with van der Waals surface area (Å²) in [5.41, 5.74) is 11.5. The number of hydrogen-bond acceptors (Lipinski definition) is 4. The summed E-state index contributed by atoms with van der Waals surface area (Å²) in [4.78, 5) is 19.9. The molecule has 0 unspecified atom stereocenters. The molecule has 2 aromatic carbocycles. The van der Waals surface area contributed by atoms with E-state index >= 15 is 0 Å². The Labute approximate surface area is 179 Å². The summed E-state index contributed by atoms with van der Waals surface area (Å²) >= 11 is 0. The number of benzene rings is 2. The molecule has 0 aromatic heterocycles. The first-order valence-corrected chi connectivity index (χ1v) is 11.4. The minimum Gasteiger partial charge on any atom is -0.399 e. The van der Waals surface area contributed by atoms with E-state index in [9.17, 15) is 4.79 Å². The topological polar surface area (TPSA) is 52.8 Å². The third-order valence-corrected chi connectivity index (χ3v) is 7.21. The average molecular weight is 405 g/mol. The van der Waals surface area contributed by atoms with Crippen molar-refractivity contribution in [3.8, 4) is 0 Å². The number of carbonyl (C=O) groups excluding carboxylic acids is 1. The quantitative estimate of drug-likeness (QED) is 0.799. The number of amides is 1. The Bertz CT molecular complexity index is 898. The van der Waals surface area contributed by atoms with Crippen LogP contribution in [0.4, 0.5) is 11.4 Å². The Balaban J connectivity index is 1.21. The first kappa shape index (κ1) is 19.4. The van der Waals surface area contributed by atoms with E-state index in [1.165, 1.54) is 55.6 Å². The van der Waals surface area contributed by atoms with Crippen LogP contribution in [0.15, 0.2) is 42.5 Å². The van der Waals surface area contributed by atoms with E-state index in [0.29, 0.717) is 5.69 Å². The molecule has 0 radical (unpaired) electrons. The van der Waals surface area contributed by atoms with Gasteiger partial charge in [0, 0.05) is 62.2 Å². The van der Waals surface area contributed by atoms with Gasteiger partial charge in [0.1, 0.15) is 0 Å². The van der Waals surface area contributed by atoms with Crippen LogP contribution >= 0.6 is 0 Å². The molecule has 3 aliphatic rings. The zero-order valence-corrected chi connectivity index (χ0v) is 17.7. The van der Waals surface area contributed by atoms with Gasteiger partial charge in [-0.1, -0.05) is 12.5 Å². The second-order valence-corrected chi connectivity index (χ2v) is 8.97. The van der Waals surface area contributed by atoms with E-state index in [4.69, 9.17) is 5.73 Å². The van der Waals surface area contributed by atoms with Gasteiger partial charge in [-0.2, -0.15) is 0 Å². The van der Waals surface area contributed by atoms with Crippen molar-refractivity contribution in [2.24, 2.45) is 0 Å². The van der Waals surface area contributed by atoms with E-state index in [0.717, 1.165) is 44.2 Å². The van der Waals surface area contributed by atoms with Crippen molar-refractivity contribution < 1.29 is 4.79 Å². The minimum atomic E-state index is 0.104. The fourth-order valence-electron chi connectivity index (χ4n) is 5.02. The van der Waals surface area contributed by atoms with Gasteiger partial charge in [-0.25, -0.2) is 0 Å². The molecular formula is C25H32N4O. The van der Waals surface area contributed by atoms with Gasteiger partial charge in [0.2, 0.25) is 0 Å². The number of nitrogen functional groups attached to an aromatic ring is 1. The first-order chi connectivity index (χ1) is 14.7. The molecule has 1 aliphatic carbocycles. The zero-order chi connectivity index (χ0) is 20.5. The van der Waals surface area contributed by atoms with Crippen LogP contribution in [0.3, 0.4) is 0 Å². The molecule has 30 heavy (non-hydrogen) atoms. The third kappa shape index (κ3) is 3.91. The molecule has 0 spiro atoms. The van der Waals surface area contributed by atoms with Crippen molar-refractivity contribution in [1.82, 2.24) is 9.80 Å². The summed E-state index contributed by atoms with van der Waals surface area (Å²) in [7, 11) is 0. The fraction of sp³-hybridized carbons (Fsp3) is 0.480. The Morgan fingerprint density at radius 2 is 1.53 bits per heavy atom. The standard InChI is InChI=1S/C25H32N4O/c26-22-7-4-20(5-8-22)25(30)29-16-14-28(15-17-29)24-9-6-19-10-12-27(23-2-1-3-23)13-11-21(19)18-24/h4-9,18,23H,1-3,10-17,26H2. The lowest BCUT2D eigenvalue weighted by atomic mass is 9.91. The fourth-order valence-corrected chi connectivity index (χ4v) is 5.02. The highest BCUT2D eigenvalue weighted by atomic mass is 16.2. The highest BCUT2D eigenvalue weighted by Gasteiger charge is 2.27. The molecule has 5 heteroatoms. The maximum atomic E-state index is 12.8. The highest BCUT2D eigenvalue weighted by Crippen LogP contribution is 2.29. The molecule has 158 valence electrons. The van der Waals surface area contributed by atoms with Crippen LogP contribution in [0.25, 0.3) is 0 Å². The van der Waals surface area contributed by atoms with Gasteiger partial charge in [-0.3, -0.25) is 9.69 Å². The predicted molar refractivity (Wildman–Crippen MR) is 122 cm³/mol. The van der Waals surface area contributed by atoms with Gasteiger partial charge < -0.3 is 15.5 Å². The van der Waals surface area contributed by atoms with Gasteiger partial charge in [0.15, 0.2) is 0 Å². The second kappa shape index (κ2) is 8.31. The first-order valence-electron chi connectivity index (χ1n) is 11.4. The molecule has 2 aliphatic heterocycles. The maximum Gasteiger partial charge on any atom is 0.253 e. The lowest BCUT2D eigenvalue weighted by molar-refractivity contribution is 0.0747. The predicted octanol–water partition coefficient (Wildman–Crippen LogP) is 3.18. The van der Waals surface area contributed by atoms with Crippen LogP contribution in [0.1, 0.15) is 40.7 Å². The molecule has 5 nitrogen and oxygen atoms in total. The summed E-state index contributed by atoms with van der Waals surface area (Å²) in [6.07, 6.45) is 6.53. The molecule has 2 N–H and O–H groups in total. The number of carbonyl (C=O) groups is 1. The van der Waals surface area contributed by atoms with Crippen molar-refractivity contribution in [3.05, 3.63) is 59.2 Å². The number of anilines is 2. The van der Waals surface area contributed by atoms with E-state index in [1.807, 2.05) is 17.0 Å². The van der Waals surface area contributed by atoms with Crippen molar-refractivity contribution in [3.63, 3.8) is 0 Å². The van der Waals surface area contributed by atoms with Crippen molar-refractivity contribution >= 4 is 17.3 Å². The van der Waals surface area contributed by atoms with Crippen LogP contribution < -0.4 is 10.6 Å². The summed E-state index contributed by atoms with van der Waals surface area (Å²) in [5, 5.41) is 0. The summed E-state index contributed by atoms with van der Waals surface area (Å²) in [5.74, 6) is 0.104. The van der Waals surface area contributed by atoms with E-state index in [2.05, 4.69) is 28.0 Å². The van der Waals surface area contributed by atoms with Gasteiger partial charge in [-0.15, -0.1) is 0 Å². The van der Waals surface area contributed by atoms with Crippen molar-refractivity contribution in [2.75, 3.05) is 49.9 Å². The van der Waals surface area contributed by atoms with Crippen LogP contribution in [-0.2, 0) is 12.8 Å². The molecule has 5 rings (SSSR count). The average Bonchev–Trinajstić information content (AvgIpc) is 2.95. The van der Waals surface area contributed by atoms with Crippen LogP contribution in [0.5, 0.6) is 0 Å². The molecule has 0 bridgehead atoms. The summed E-state index contributed by atoms with van der Waals surface area (Å²) in [6.45, 7) is 5.70. The Hall–Kier alpha value is -2.53. The summed E-state index contributed by atoms with van der Waals surface area (Å²) < 4.78 is 0. The minimum absolute atomic E-state index is 0.104. The van der Waals surface area contributed by atoms with Crippen LogP contribution in [0.2, 0.25) is 0 Å². The van der Waals surface area contributed by atoms with E-state index in [-0.39, 0.29) is 5.91 Å². The number of fused-ring (bicyclic) bond motifs is 1. The van der Waals surface area contributed by atoms with E-state index in [1.54, 1.807) is 12.1 Å². The SMILES string of the molecule is Nc1ccc(C(=O)N2CCN(c3ccc4c(c3)CCN(C3CCC3)CC4)CC2)cc1. The number of hydrogen-bond donors (Lipinski definition) is 1. The van der Waals surface area contributed by atoms with Gasteiger partial charge in [0.25, 0.3) is 5.91 Å². The molecule has 0 atom stereocenters.